The van der Waals surface area contributed by atoms with Gasteiger partial charge in [0.2, 0.25) is 15.9 Å². The summed E-state index contributed by atoms with van der Waals surface area (Å²) in [5.41, 5.74) is 0.402. The number of anilines is 1. The van der Waals surface area contributed by atoms with Crippen LogP contribution in [0.15, 0.2) is 41.3 Å². The van der Waals surface area contributed by atoms with Crippen molar-refractivity contribution in [2.45, 2.75) is 11.3 Å². The van der Waals surface area contributed by atoms with Gasteiger partial charge in [0.1, 0.15) is 16.5 Å². The molecule has 0 radical (unpaired) electrons. The number of phenols is 1. The van der Waals surface area contributed by atoms with E-state index in [1.165, 1.54) is 24.3 Å². The van der Waals surface area contributed by atoms with E-state index in [1.54, 1.807) is 0 Å². The molecule has 0 aromatic heterocycles. The average molecular weight is 359 g/mol. The van der Waals surface area contributed by atoms with Crippen molar-refractivity contribution in [2.24, 2.45) is 5.14 Å². The Bertz CT molecular complexity index is 871. The number of hydrogen-bond donors (Lipinski definition) is 3. The van der Waals surface area contributed by atoms with Crippen molar-refractivity contribution in [3.63, 3.8) is 0 Å². The summed E-state index contributed by atoms with van der Waals surface area (Å²) in [5, 5.41) is 16.7. The number of amides is 1. The van der Waals surface area contributed by atoms with E-state index in [0.717, 1.165) is 12.1 Å². The minimum Gasteiger partial charge on any atom is -0.507 e. The maximum absolute atomic E-state index is 13.3. The van der Waals surface area contributed by atoms with Gasteiger partial charge in [-0.3, -0.25) is 4.79 Å². The van der Waals surface area contributed by atoms with Gasteiger partial charge >= 0.3 is 0 Å². The van der Waals surface area contributed by atoms with Crippen molar-refractivity contribution >= 4 is 33.2 Å². The first-order valence-corrected chi connectivity index (χ1v) is 8.19. The van der Waals surface area contributed by atoms with Gasteiger partial charge in [0.15, 0.2) is 0 Å². The van der Waals surface area contributed by atoms with E-state index < -0.39 is 32.4 Å². The molecule has 9 heteroatoms. The smallest absolute Gasteiger partial charge is 0.241 e. The number of carbonyl (C=O) groups is 1. The minimum absolute atomic E-state index is 0.115. The first-order valence-electron chi connectivity index (χ1n) is 6.27. The molecular formula is C14H12ClFN2O4S. The topological polar surface area (TPSA) is 109 Å². The third kappa shape index (κ3) is 4.19. The molecule has 0 bridgehead atoms. The highest BCUT2D eigenvalue weighted by atomic mass is 35.5. The second kappa shape index (κ2) is 6.53. The molecule has 0 saturated heterocycles. The maximum Gasteiger partial charge on any atom is 0.241 e. The van der Waals surface area contributed by atoms with Crippen molar-refractivity contribution in [3.05, 3.63) is 52.8 Å². The van der Waals surface area contributed by atoms with E-state index in [4.69, 9.17) is 16.7 Å². The highest BCUT2D eigenvalue weighted by Crippen LogP contribution is 2.25. The molecule has 2 aromatic carbocycles. The lowest BCUT2D eigenvalue weighted by Crippen LogP contribution is -2.16. The molecule has 6 nitrogen and oxygen atoms in total. The number of aromatic hydroxyl groups is 1. The van der Waals surface area contributed by atoms with Gasteiger partial charge in [-0.1, -0.05) is 23.7 Å². The number of nitrogens with two attached hydrogens (primary N) is 1. The predicted octanol–water partition coefficient (Wildman–Crippen LogP) is 2.01. The van der Waals surface area contributed by atoms with Gasteiger partial charge in [0.25, 0.3) is 0 Å². The standard InChI is InChI=1S/C14H12ClFN2O4S/c15-14-8(2-1-3-10(14)16)6-13(20)18-9-4-5-11(19)12(7-9)23(17,21)22/h1-5,7,19H,6H2,(H,18,20)(H2,17,21,22). The second-order valence-electron chi connectivity index (χ2n) is 4.67. The van der Waals surface area contributed by atoms with E-state index in [2.05, 4.69) is 5.32 Å². The summed E-state index contributed by atoms with van der Waals surface area (Å²) in [6.07, 6.45) is -0.206. The molecule has 122 valence electrons. The fraction of sp³-hybridized carbons (Fsp3) is 0.0714. The SMILES string of the molecule is NS(=O)(=O)c1cc(NC(=O)Cc2cccc(F)c2Cl)ccc1O. The molecule has 0 heterocycles. The van der Waals surface area contributed by atoms with E-state index >= 15 is 0 Å². The highest BCUT2D eigenvalue weighted by Gasteiger charge is 2.16. The average Bonchev–Trinajstić information content (AvgIpc) is 2.45. The number of benzene rings is 2. The number of phenolic OH excluding ortho intramolecular Hbond substituents is 1. The van der Waals surface area contributed by atoms with Crippen LogP contribution in [0, 0.1) is 5.82 Å². The molecule has 2 rings (SSSR count). The van der Waals surface area contributed by atoms with Crippen LogP contribution in [0.3, 0.4) is 0 Å². The Morgan fingerprint density at radius 1 is 1.30 bits per heavy atom. The predicted molar refractivity (Wildman–Crippen MR) is 83.2 cm³/mol. The first-order chi connectivity index (χ1) is 10.7. The normalized spacial score (nSPS) is 11.3. The molecule has 23 heavy (non-hydrogen) atoms. The van der Waals surface area contributed by atoms with Gasteiger partial charge in [0.05, 0.1) is 11.4 Å². The fourth-order valence-electron chi connectivity index (χ4n) is 1.88. The van der Waals surface area contributed by atoms with Gasteiger partial charge in [-0.2, -0.15) is 0 Å². The largest absolute Gasteiger partial charge is 0.507 e. The Hall–Kier alpha value is -2.16. The van der Waals surface area contributed by atoms with Crippen LogP contribution in [-0.4, -0.2) is 19.4 Å². The maximum atomic E-state index is 13.3. The minimum atomic E-state index is -4.14. The molecule has 4 N–H and O–H groups in total. The zero-order chi connectivity index (χ0) is 17.2. The van der Waals surface area contributed by atoms with Crippen molar-refractivity contribution in [1.82, 2.24) is 0 Å². The van der Waals surface area contributed by atoms with Gasteiger partial charge in [0, 0.05) is 5.69 Å². The fourth-order valence-corrected chi connectivity index (χ4v) is 2.73. The van der Waals surface area contributed by atoms with Crippen molar-refractivity contribution in [3.8, 4) is 5.75 Å². The Morgan fingerprint density at radius 3 is 2.65 bits per heavy atom. The van der Waals surface area contributed by atoms with Gasteiger partial charge in [-0.25, -0.2) is 17.9 Å². The van der Waals surface area contributed by atoms with Crippen LogP contribution in [0.25, 0.3) is 0 Å². The summed E-state index contributed by atoms with van der Waals surface area (Å²) in [7, 11) is -4.14. The Morgan fingerprint density at radius 2 is 2.00 bits per heavy atom. The molecule has 0 aliphatic rings. The van der Waals surface area contributed by atoms with Crippen LogP contribution in [0.4, 0.5) is 10.1 Å². The summed E-state index contributed by atoms with van der Waals surface area (Å²) >= 11 is 5.76. The monoisotopic (exact) mass is 358 g/mol. The zero-order valence-corrected chi connectivity index (χ0v) is 13.2. The molecule has 0 saturated carbocycles. The number of carbonyl (C=O) groups excluding carboxylic acids is 1. The lowest BCUT2D eigenvalue weighted by atomic mass is 10.1. The third-order valence-electron chi connectivity index (χ3n) is 2.93. The van der Waals surface area contributed by atoms with Crippen molar-refractivity contribution < 1.29 is 22.7 Å². The molecule has 0 atom stereocenters. The van der Waals surface area contributed by atoms with Crippen LogP contribution < -0.4 is 10.5 Å². The molecule has 0 fully saturated rings. The molecule has 0 aliphatic heterocycles. The molecule has 0 aliphatic carbocycles. The van der Waals surface area contributed by atoms with Gasteiger partial charge in [-0.05, 0) is 29.8 Å². The molecular weight excluding hydrogens is 347 g/mol. The number of halogens is 2. The summed E-state index contributed by atoms with van der Waals surface area (Å²) < 4.78 is 35.9. The Labute approximate surface area is 136 Å². The second-order valence-corrected chi connectivity index (χ2v) is 6.57. The van der Waals surface area contributed by atoms with Gasteiger partial charge < -0.3 is 10.4 Å². The van der Waals surface area contributed by atoms with Crippen molar-refractivity contribution in [1.29, 1.82) is 0 Å². The number of sulfonamides is 1. The lowest BCUT2D eigenvalue weighted by molar-refractivity contribution is -0.115. The summed E-state index contributed by atoms with van der Waals surface area (Å²) in [6, 6.07) is 7.50. The van der Waals surface area contributed by atoms with Crippen LogP contribution in [0.5, 0.6) is 5.75 Å². The Kier molecular flexibility index (Phi) is 4.88. The van der Waals surface area contributed by atoms with E-state index in [-0.39, 0.29) is 22.7 Å². The first kappa shape index (κ1) is 17.2. The molecule has 2 aromatic rings. The number of hydrogen-bond acceptors (Lipinski definition) is 4. The van der Waals surface area contributed by atoms with Crippen LogP contribution in [0.2, 0.25) is 5.02 Å². The van der Waals surface area contributed by atoms with E-state index in [1.807, 2.05) is 0 Å². The molecule has 1 amide bonds. The van der Waals surface area contributed by atoms with Crippen LogP contribution >= 0.6 is 11.6 Å². The summed E-state index contributed by atoms with van der Waals surface area (Å²) in [5.74, 6) is -1.71. The summed E-state index contributed by atoms with van der Waals surface area (Å²) in [6.45, 7) is 0. The lowest BCUT2D eigenvalue weighted by Gasteiger charge is -2.09. The van der Waals surface area contributed by atoms with Gasteiger partial charge in [-0.15, -0.1) is 0 Å². The zero-order valence-electron chi connectivity index (χ0n) is 11.6. The number of primary sulfonamides is 1. The summed E-state index contributed by atoms with van der Waals surface area (Å²) in [4.78, 5) is 11.4. The number of rotatable bonds is 4. The molecule has 0 spiro atoms. The van der Waals surface area contributed by atoms with Crippen LogP contribution in [0.1, 0.15) is 5.56 Å². The third-order valence-corrected chi connectivity index (χ3v) is 4.30. The number of nitrogens with one attached hydrogen (secondary N) is 1. The molecule has 0 unspecified atom stereocenters. The van der Waals surface area contributed by atoms with E-state index in [9.17, 15) is 22.7 Å². The van der Waals surface area contributed by atoms with Crippen molar-refractivity contribution in [2.75, 3.05) is 5.32 Å². The van der Waals surface area contributed by atoms with Crippen LogP contribution in [-0.2, 0) is 21.2 Å². The Balaban J connectivity index is 2.19. The van der Waals surface area contributed by atoms with E-state index in [0.29, 0.717) is 0 Å². The highest BCUT2D eigenvalue weighted by molar-refractivity contribution is 7.89. The quantitative estimate of drug-likeness (QED) is 0.726.